The maximum absolute atomic E-state index is 12.1. The summed E-state index contributed by atoms with van der Waals surface area (Å²) in [4.78, 5) is 25.6. The van der Waals surface area contributed by atoms with Gasteiger partial charge in [-0.3, -0.25) is 4.79 Å². The molecule has 1 saturated heterocycles. The number of morpholine rings is 1. The second-order valence-corrected chi connectivity index (χ2v) is 4.59. The Bertz CT molecular complexity index is 510. The van der Waals surface area contributed by atoms with Crippen molar-refractivity contribution in [2.75, 3.05) is 38.7 Å². The van der Waals surface area contributed by atoms with Crippen molar-refractivity contribution in [3.05, 3.63) is 29.3 Å². The van der Waals surface area contributed by atoms with Crippen LogP contribution in [0.2, 0.25) is 0 Å². The van der Waals surface area contributed by atoms with Gasteiger partial charge in [-0.25, -0.2) is 4.79 Å². The van der Waals surface area contributed by atoms with Crippen molar-refractivity contribution < 1.29 is 14.3 Å². The first-order valence-electron chi connectivity index (χ1n) is 6.59. The Balaban J connectivity index is 2.12. The van der Waals surface area contributed by atoms with E-state index in [0.29, 0.717) is 37.6 Å². The standard InChI is InChI=1S/C14H19N3O3/c1-10-11(13(18)15-2)4-3-5-12(10)16-14(19)17-6-8-20-9-7-17/h3-5H,6-9H2,1-2H3,(H,15,18)(H,16,19). The fourth-order valence-electron chi connectivity index (χ4n) is 2.11. The highest BCUT2D eigenvalue weighted by atomic mass is 16.5. The molecule has 3 amide bonds. The van der Waals surface area contributed by atoms with E-state index in [9.17, 15) is 9.59 Å². The number of carbonyl (C=O) groups is 2. The summed E-state index contributed by atoms with van der Waals surface area (Å²) in [6, 6.07) is 5.12. The number of carbonyl (C=O) groups excluding carboxylic acids is 2. The topological polar surface area (TPSA) is 70.7 Å². The molecule has 0 atom stereocenters. The number of nitrogens with zero attached hydrogens (tertiary/aromatic N) is 1. The Hall–Kier alpha value is -2.08. The number of nitrogens with one attached hydrogen (secondary N) is 2. The molecule has 6 heteroatoms. The molecule has 0 aromatic heterocycles. The first-order valence-corrected chi connectivity index (χ1v) is 6.59. The molecule has 1 fully saturated rings. The van der Waals surface area contributed by atoms with E-state index in [1.165, 1.54) is 0 Å². The summed E-state index contributed by atoms with van der Waals surface area (Å²) in [7, 11) is 1.58. The molecule has 0 bridgehead atoms. The normalized spacial score (nSPS) is 14.8. The zero-order chi connectivity index (χ0) is 14.5. The number of urea groups is 1. The second kappa shape index (κ2) is 6.38. The minimum absolute atomic E-state index is 0.162. The fourth-order valence-corrected chi connectivity index (χ4v) is 2.11. The van der Waals surface area contributed by atoms with Crippen LogP contribution in [0.1, 0.15) is 15.9 Å². The molecule has 0 spiro atoms. The Morgan fingerprint density at radius 2 is 1.95 bits per heavy atom. The number of amides is 3. The average molecular weight is 277 g/mol. The third-order valence-corrected chi connectivity index (χ3v) is 3.35. The third kappa shape index (κ3) is 3.08. The Kier molecular flexibility index (Phi) is 4.57. The van der Waals surface area contributed by atoms with E-state index in [0.717, 1.165) is 5.56 Å². The lowest BCUT2D eigenvalue weighted by molar-refractivity contribution is 0.0564. The van der Waals surface area contributed by atoms with Crippen LogP contribution in [0.25, 0.3) is 0 Å². The summed E-state index contributed by atoms with van der Waals surface area (Å²) < 4.78 is 5.21. The first-order chi connectivity index (χ1) is 9.63. The highest BCUT2D eigenvalue weighted by Crippen LogP contribution is 2.19. The summed E-state index contributed by atoms with van der Waals surface area (Å²) in [6.45, 7) is 4.11. The molecule has 1 aliphatic rings. The van der Waals surface area contributed by atoms with Gasteiger partial charge in [0.1, 0.15) is 0 Å². The van der Waals surface area contributed by atoms with Crippen LogP contribution < -0.4 is 10.6 Å². The summed E-state index contributed by atoms with van der Waals surface area (Å²) in [5.41, 5.74) is 1.98. The number of hydrogen-bond acceptors (Lipinski definition) is 3. The van der Waals surface area contributed by atoms with Crippen molar-refractivity contribution in [3.63, 3.8) is 0 Å². The molecule has 1 aromatic rings. The molecular weight excluding hydrogens is 258 g/mol. The Morgan fingerprint density at radius 1 is 1.25 bits per heavy atom. The van der Waals surface area contributed by atoms with Gasteiger partial charge in [0.15, 0.2) is 0 Å². The van der Waals surface area contributed by atoms with E-state index in [2.05, 4.69) is 10.6 Å². The van der Waals surface area contributed by atoms with Gasteiger partial charge in [-0.05, 0) is 24.6 Å². The minimum atomic E-state index is -0.162. The van der Waals surface area contributed by atoms with E-state index in [1.807, 2.05) is 6.92 Å². The number of ether oxygens (including phenoxy) is 1. The summed E-state index contributed by atoms with van der Waals surface area (Å²) in [5.74, 6) is -0.162. The van der Waals surface area contributed by atoms with Crippen LogP contribution in [-0.2, 0) is 4.74 Å². The van der Waals surface area contributed by atoms with Gasteiger partial charge in [-0.1, -0.05) is 6.07 Å². The maximum Gasteiger partial charge on any atom is 0.322 e. The summed E-state index contributed by atoms with van der Waals surface area (Å²) in [6.07, 6.45) is 0. The lowest BCUT2D eigenvalue weighted by Gasteiger charge is -2.27. The Labute approximate surface area is 118 Å². The van der Waals surface area contributed by atoms with E-state index in [-0.39, 0.29) is 11.9 Å². The molecule has 1 aromatic carbocycles. The molecule has 0 saturated carbocycles. The van der Waals surface area contributed by atoms with Gasteiger partial charge in [0, 0.05) is 31.4 Å². The number of rotatable bonds is 2. The highest BCUT2D eigenvalue weighted by molar-refractivity contribution is 5.98. The third-order valence-electron chi connectivity index (χ3n) is 3.35. The number of hydrogen-bond donors (Lipinski definition) is 2. The van der Waals surface area contributed by atoms with Gasteiger partial charge in [0.2, 0.25) is 0 Å². The van der Waals surface area contributed by atoms with Gasteiger partial charge >= 0.3 is 6.03 Å². The molecule has 0 aliphatic carbocycles. The van der Waals surface area contributed by atoms with Crippen molar-refractivity contribution in [1.29, 1.82) is 0 Å². The minimum Gasteiger partial charge on any atom is -0.378 e. The molecule has 0 unspecified atom stereocenters. The summed E-state index contributed by atoms with van der Waals surface area (Å²) >= 11 is 0. The average Bonchev–Trinajstić information content (AvgIpc) is 2.49. The van der Waals surface area contributed by atoms with Crippen LogP contribution in [-0.4, -0.2) is 50.2 Å². The van der Waals surface area contributed by atoms with E-state index < -0.39 is 0 Å². The lowest BCUT2D eigenvalue weighted by Crippen LogP contribution is -2.43. The zero-order valence-corrected chi connectivity index (χ0v) is 11.7. The van der Waals surface area contributed by atoms with E-state index >= 15 is 0 Å². The SMILES string of the molecule is CNC(=O)c1cccc(NC(=O)N2CCOCC2)c1C. The van der Waals surface area contributed by atoms with E-state index in [4.69, 9.17) is 4.74 Å². The maximum atomic E-state index is 12.1. The molecule has 1 aliphatic heterocycles. The molecule has 2 rings (SSSR count). The second-order valence-electron chi connectivity index (χ2n) is 4.59. The van der Waals surface area contributed by atoms with Crippen molar-refractivity contribution in [1.82, 2.24) is 10.2 Å². The van der Waals surface area contributed by atoms with Crippen molar-refractivity contribution in [2.45, 2.75) is 6.92 Å². The summed E-state index contributed by atoms with van der Waals surface area (Å²) in [5, 5.41) is 5.44. The van der Waals surface area contributed by atoms with Crippen LogP contribution in [0.5, 0.6) is 0 Å². The monoisotopic (exact) mass is 277 g/mol. The van der Waals surface area contributed by atoms with Crippen LogP contribution in [0.3, 0.4) is 0 Å². The smallest absolute Gasteiger partial charge is 0.322 e. The molecular formula is C14H19N3O3. The van der Waals surface area contributed by atoms with Crippen molar-refractivity contribution >= 4 is 17.6 Å². The molecule has 6 nitrogen and oxygen atoms in total. The molecule has 1 heterocycles. The van der Waals surface area contributed by atoms with Gasteiger partial charge in [-0.15, -0.1) is 0 Å². The molecule has 108 valence electrons. The molecule has 20 heavy (non-hydrogen) atoms. The van der Waals surface area contributed by atoms with Crippen LogP contribution in [0, 0.1) is 6.92 Å². The van der Waals surface area contributed by atoms with Crippen molar-refractivity contribution in [2.24, 2.45) is 0 Å². The largest absolute Gasteiger partial charge is 0.378 e. The van der Waals surface area contributed by atoms with Gasteiger partial charge in [0.05, 0.1) is 13.2 Å². The van der Waals surface area contributed by atoms with E-state index in [1.54, 1.807) is 30.1 Å². The zero-order valence-electron chi connectivity index (χ0n) is 11.7. The molecule has 2 N–H and O–H groups in total. The molecule has 0 radical (unpaired) electrons. The first kappa shape index (κ1) is 14.3. The van der Waals surface area contributed by atoms with Gasteiger partial charge in [0.25, 0.3) is 5.91 Å². The fraction of sp³-hybridized carbons (Fsp3) is 0.429. The Morgan fingerprint density at radius 3 is 2.60 bits per heavy atom. The van der Waals surface area contributed by atoms with Crippen molar-refractivity contribution in [3.8, 4) is 0 Å². The lowest BCUT2D eigenvalue weighted by atomic mass is 10.1. The predicted octanol–water partition coefficient (Wildman–Crippen LogP) is 1.22. The van der Waals surface area contributed by atoms with Crippen LogP contribution in [0.4, 0.5) is 10.5 Å². The number of anilines is 1. The highest BCUT2D eigenvalue weighted by Gasteiger charge is 2.18. The van der Waals surface area contributed by atoms with Gasteiger partial charge in [-0.2, -0.15) is 0 Å². The van der Waals surface area contributed by atoms with Crippen LogP contribution >= 0.6 is 0 Å². The predicted molar refractivity (Wildman–Crippen MR) is 76.0 cm³/mol. The number of benzene rings is 1. The van der Waals surface area contributed by atoms with Crippen LogP contribution in [0.15, 0.2) is 18.2 Å². The van der Waals surface area contributed by atoms with Gasteiger partial charge < -0.3 is 20.3 Å². The quantitative estimate of drug-likeness (QED) is 0.854.